The molecule has 3 rings (SSSR count). The van der Waals surface area contributed by atoms with Crippen LogP contribution in [0.15, 0.2) is 86.0 Å². The molecule has 1 heterocycles. The molecule has 3 aromatic rings. The van der Waals surface area contributed by atoms with Crippen LogP contribution in [0.4, 0.5) is 0 Å². The minimum absolute atomic E-state index is 0.120. The van der Waals surface area contributed by atoms with Crippen molar-refractivity contribution in [2.24, 2.45) is 0 Å². The summed E-state index contributed by atoms with van der Waals surface area (Å²) in [6, 6.07) is 14.3. The molecular formula is C26H20N2O10. The minimum Gasteiger partial charge on any atom is -0.457 e. The lowest BCUT2D eigenvalue weighted by Gasteiger charge is -2.08. The Morgan fingerprint density at radius 3 is 1.29 bits per heavy atom. The lowest BCUT2D eigenvalue weighted by atomic mass is 10.2. The molecule has 0 saturated carbocycles. The summed E-state index contributed by atoms with van der Waals surface area (Å²) in [6.07, 6.45) is 2.01. The molecule has 0 bridgehead atoms. The Balaban J connectivity index is 1.47. The van der Waals surface area contributed by atoms with Gasteiger partial charge in [0.15, 0.2) is 0 Å². The molecule has 1 aromatic heterocycles. The summed E-state index contributed by atoms with van der Waals surface area (Å²) in [4.78, 5) is 46.6. The number of hydrogen-bond donors (Lipinski definition) is 0. The van der Waals surface area contributed by atoms with E-state index in [1.807, 2.05) is 0 Å². The SMILES string of the molecule is C=CC(=O)OCOc1ccc(C(=O)Oc2ccc(OC(=O)c3ccc(OCOC(=O)C=C)cc3)nn2)cc1. The molecule has 0 N–H and O–H groups in total. The van der Waals surface area contributed by atoms with Gasteiger partial charge in [-0.3, -0.25) is 0 Å². The third-order valence-electron chi connectivity index (χ3n) is 4.38. The fourth-order valence-corrected chi connectivity index (χ4v) is 2.53. The van der Waals surface area contributed by atoms with Gasteiger partial charge in [-0.1, -0.05) is 13.2 Å². The van der Waals surface area contributed by atoms with Crippen molar-refractivity contribution in [2.45, 2.75) is 0 Å². The molecule has 0 spiro atoms. The summed E-state index contributed by atoms with van der Waals surface area (Å²) >= 11 is 0. The van der Waals surface area contributed by atoms with E-state index in [2.05, 4.69) is 23.4 Å². The van der Waals surface area contributed by atoms with Crippen LogP contribution >= 0.6 is 0 Å². The second-order valence-corrected chi connectivity index (χ2v) is 6.90. The van der Waals surface area contributed by atoms with Gasteiger partial charge in [-0.15, -0.1) is 10.2 Å². The fourth-order valence-electron chi connectivity index (χ4n) is 2.53. The Morgan fingerprint density at radius 2 is 0.974 bits per heavy atom. The quantitative estimate of drug-likeness (QED) is 0.196. The standard InChI is InChI=1S/C26H20N2O10/c1-3-23(29)35-15-33-19-9-5-17(6-10-19)25(31)37-21-13-14-22(28-27-21)38-26(32)18-7-11-20(12-8-18)34-16-36-24(30)4-2/h3-14H,1-2,15-16H2. The fraction of sp³-hybridized carbons (Fsp3) is 0.0769. The van der Waals surface area contributed by atoms with Crippen molar-refractivity contribution in [1.82, 2.24) is 10.2 Å². The van der Waals surface area contributed by atoms with Gasteiger partial charge >= 0.3 is 23.9 Å². The van der Waals surface area contributed by atoms with Crippen LogP contribution in [0.25, 0.3) is 0 Å². The average Bonchev–Trinajstić information content (AvgIpc) is 2.94. The van der Waals surface area contributed by atoms with Crippen LogP contribution in [0.3, 0.4) is 0 Å². The largest absolute Gasteiger partial charge is 0.457 e. The molecule has 2 aromatic carbocycles. The predicted molar refractivity (Wildman–Crippen MR) is 128 cm³/mol. The summed E-state index contributed by atoms with van der Waals surface area (Å²) in [5.41, 5.74) is 0.396. The molecule has 0 amide bonds. The van der Waals surface area contributed by atoms with Crippen LogP contribution in [-0.4, -0.2) is 47.7 Å². The topological polar surface area (TPSA) is 149 Å². The monoisotopic (exact) mass is 520 g/mol. The van der Waals surface area contributed by atoms with Gasteiger partial charge in [-0.05, 0) is 48.5 Å². The van der Waals surface area contributed by atoms with Crippen molar-refractivity contribution in [2.75, 3.05) is 13.6 Å². The molecule has 12 heteroatoms. The highest BCUT2D eigenvalue weighted by atomic mass is 16.7. The van der Waals surface area contributed by atoms with Crippen molar-refractivity contribution in [3.8, 4) is 23.3 Å². The molecule has 194 valence electrons. The van der Waals surface area contributed by atoms with Crippen LogP contribution in [0.1, 0.15) is 20.7 Å². The highest BCUT2D eigenvalue weighted by Crippen LogP contribution is 2.17. The number of ether oxygens (including phenoxy) is 6. The van der Waals surface area contributed by atoms with Gasteiger partial charge in [0, 0.05) is 24.3 Å². The van der Waals surface area contributed by atoms with Gasteiger partial charge in [0.25, 0.3) is 0 Å². The maximum atomic E-state index is 12.3. The zero-order valence-electron chi connectivity index (χ0n) is 19.7. The summed E-state index contributed by atoms with van der Waals surface area (Å²) in [7, 11) is 0. The number of nitrogens with zero attached hydrogens (tertiary/aromatic N) is 2. The molecule has 0 fully saturated rings. The second-order valence-electron chi connectivity index (χ2n) is 6.90. The van der Waals surface area contributed by atoms with Crippen LogP contribution in [0.2, 0.25) is 0 Å². The molecule has 0 aliphatic carbocycles. The van der Waals surface area contributed by atoms with E-state index >= 15 is 0 Å². The maximum Gasteiger partial charge on any atom is 0.344 e. The average molecular weight is 520 g/mol. The highest BCUT2D eigenvalue weighted by Gasteiger charge is 2.13. The van der Waals surface area contributed by atoms with E-state index in [1.54, 1.807) is 0 Å². The lowest BCUT2D eigenvalue weighted by molar-refractivity contribution is -0.145. The number of carbonyl (C=O) groups is 4. The smallest absolute Gasteiger partial charge is 0.344 e. The normalized spacial score (nSPS) is 9.89. The molecule has 0 unspecified atom stereocenters. The minimum atomic E-state index is -0.713. The molecule has 0 aliphatic rings. The lowest BCUT2D eigenvalue weighted by Crippen LogP contribution is -2.12. The van der Waals surface area contributed by atoms with Crippen LogP contribution in [-0.2, 0) is 19.1 Å². The number of carbonyl (C=O) groups excluding carboxylic acids is 4. The number of aromatic nitrogens is 2. The maximum absolute atomic E-state index is 12.3. The van der Waals surface area contributed by atoms with Gasteiger partial charge in [0.2, 0.25) is 25.3 Å². The Kier molecular flexibility index (Phi) is 9.64. The van der Waals surface area contributed by atoms with Gasteiger partial charge in [0.05, 0.1) is 11.1 Å². The molecule has 0 saturated heterocycles. The van der Waals surface area contributed by atoms with E-state index in [4.69, 9.17) is 28.4 Å². The van der Waals surface area contributed by atoms with Crippen molar-refractivity contribution in [3.05, 3.63) is 97.1 Å². The van der Waals surface area contributed by atoms with Gasteiger partial charge in [0.1, 0.15) is 11.5 Å². The van der Waals surface area contributed by atoms with Gasteiger partial charge in [-0.25, -0.2) is 19.2 Å². The van der Waals surface area contributed by atoms with Crippen molar-refractivity contribution >= 4 is 23.9 Å². The number of rotatable bonds is 12. The molecule has 0 atom stereocenters. The van der Waals surface area contributed by atoms with Crippen molar-refractivity contribution < 1.29 is 47.6 Å². The van der Waals surface area contributed by atoms with Gasteiger partial charge in [-0.2, -0.15) is 0 Å². The third-order valence-corrected chi connectivity index (χ3v) is 4.38. The summed E-state index contributed by atoms with van der Waals surface area (Å²) in [5.74, 6) is -2.20. The zero-order valence-corrected chi connectivity index (χ0v) is 19.7. The first-order valence-electron chi connectivity index (χ1n) is 10.7. The van der Waals surface area contributed by atoms with E-state index in [0.29, 0.717) is 11.5 Å². The Morgan fingerprint density at radius 1 is 0.605 bits per heavy atom. The molecule has 0 radical (unpaired) electrons. The molecule has 0 aliphatic heterocycles. The number of hydrogen-bond acceptors (Lipinski definition) is 12. The second kappa shape index (κ2) is 13.5. The van der Waals surface area contributed by atoms with E-state index in [1.165, 1.54) is 60.7 Å². The van der Waals surface area contributed by atoms with Gasteiger partial charge < -0.3 is 28.4 Å². The summed E-state index contributed by atoms with van der Waals surface area (Å²) < 4.78 is 30.1. The molecular weight excluding hydrogens is 500 g/mol. The van der Waals surface area contributed by atoms with Crippen LogP contribution in [0.5, 0.6) is 23.3 Å². The Hall–Kier alpha value is -5.52. The van der Waals surface area contributed by atoms with Crippen molar-refractivity contribution in [1.29, 1.82) is 0 Å². The van der Waals surface area contributed by atoms with E-state index in [-0.39, 0.29) is 36.5 Å². The van der Waals surface area contributed by atoms with Crippen LogP contribution in [0, 0.1) is 0 Å². The highest BCUT2D eigenvalue weighted by molar-refractivity contribution is 5.91. The first-order valence-corrected chi connectivity index (χ1v) is 10.7. The molecule has 12 nitrogen and oxygen atoms in total. The summed E-state index contributed by atoms with van der Waals surface area (Å²) in [6.45, 7) is 5.92. The van der Waals surface area contributed by atoms with Crippen LogP contribution < -0.4 is 18.9 Å². The Bertz CT molecular complexity index is 1200. The van der Waals surface area contributed by atoms with Crippen molar-refractivity contribution in [3.63, 3.8) is 0 Å². The summed E-state index contributed by atoms with van der Waals surface area (Å²) in [5, 5.41) is 7.45. The van der Waals surface area contributed by atoms with E-state index < -0.39 is 23.9 Å². The predicted octanol–water partition coefficient (Wildman–Crippen LogP) is 3.05. The third kappa shape index (κ3) is 8.30. The number of esters is 4. The molecule has 38 heavy (non-hydrogen) atoms. The van der Waals surface area contributed by atoms with E-state index in [9.17, 15) is 19.2 Å². The Labute approximate surface area is 216 Å². The number of benzene rings is 2. The first kappa shape index (κ1) is 27.1. The zero-order chi connectivity index (χ0) is 27.3. The first-order chi connectivity index (χ1) is 18.4. The van der Waals surface area contributed by atoms with E-state index in [0.717, 1.165) is 12.2 Å².